The van der Waals surface area contributed by atoms with Gasteiger partial charge < -0.3 is 10.1 Å². The third-order valence-corrected chi connectivity index (χ3v) is 1.87. The first-order chi connectivity index (χ1) is 7.42. The molecule has 2 heterocycles. The Morgan fingerprint density at radius 2 is 2.07 bits per heavy atom. The molecule has 0 saturated heterocycles. The van der Waals surface area contributed by atoms with E-state index in [1.807, 2.05) is 0 Å². The number of hydrogen-bond acceptors (Lipinski definition) is 6. The third-order valence-electron chi connectivity index (χ3n) is 1.87. The van der Waals surface area contributed by atoms with E-state index in [2.05, 4.69) is 25.3 Å². The molecule has 0 unspecified atom stereocenters. The lowest BCUT2D eigenvalue weighted by Crippen LogP contribution is -2.09. The normalized spacial score (nSPS) is 10.5. The second-order valence-electron chi connectivity index (χ2n) is 2.87. The lowest BCUT2D eigenvalue weighted by molar-refractivity contribution is 0.210. The van der Waals surface area contributed by atoms with Gasteiger partial charge in [0.1, 0.15) is 11.8 Å². The van der Waals surface area contributed by atoms with Crippen LogP contribution >= 0.6 is 0 Å². The van der Waals surface area contributed by atoms with Crippen molar-refractivity contribution in [3.63, 3.8) is 0 Å². The molecule has 6 nitrogen and oxygen atoms in total. The number of ether oxygens (including phenoxy) is 1. The van der Waals surface area contributed by atoms with E-state index in [-0.39, 0.29) is 0 Å². The summed E-state index contributed by atoms with van der Waals surface area (Å²) in [5, 5.41) is 3.11. The summed E-state index contributed by atoms with van der Waals surface area (Å²) >= 11 is 0. The minimum atomic E-state index is 0.590. The summed E-state index contributed by atoms with van der Waals surface area (Å²) in [6, 6.07) is 0. The molecule has 0 saturated carbocycles. The van der Waals surface area contributed by atoms with Gasteiger partial charge in [0, 0.05) is 26.0 Å². The van der Waals surface area contributed by atoms with E-state index in [9.17, 15) is 0 Å². The molecule has 1 N–H and O–H groups in total. The van der Waals surface area contributed by atoms with Crippen molar-refractivity contribution >= 4 is 17.0 Å². The van der Waals surface area contributed by atoms with E-state index in [4.69, 9.17) is 4.74 Å². The molecule has 78 valence electrons. The van der Waals surface area contributed by atoms with Crippen LogP contribution in [0.1, 0.15) is 0 Å². The molecule has 2 aromatic heterocycles. The zero-order valence-electron chi connectivity index (χ0n) is 8.34. The largest absolute Gasteiger partial charge is 0.383 e. The van der Waals surface area contributed by atoms with Gasteiger partial charge in [-0.15, -0.1) is 0 Å². The van der Waals surface area contributed by atoms with Crippen LogP contribution in [0.4, 0.5) is 5.82 Å². The number of aromatic nitrogens is 4. The van der Waals surface area contributed by atoms with Crippen LogP contribution in [-0.2, 0) is 4.74 Å². The van der Waals surface area contributed by atoms with E-state index >= 15 is 0 Å². The van der Waals surface area contributed by atoms with Crippen molar-refractivity contribution in [1.29, 1.82) is 0 Å². The Bertz CT molecular complexity index is 442. The number of nitrogens with zero attached hydrogens (tertiary/aromatic N) is 4. The van der Waals surface area contributed by atoms with E-state index in [1.165, 1.54) is 6.33 Å². The van der Waals surface area contributed by atoms with Crippen molar-refractivity contribution in [1.82, 2.24) is 19.9 Å². The standard InChI is InChI=1S/C9H11N5O/c1-15-5-4-12-9-7-8(13-6-14-9)11-3-2-10-7/h2-3,6H,4-5H2,1H3,(H,11,12,13,14). The first-order valence-corrected chi connectivity index (χ1v) is 4.56. The van der Waals surface area contributed by atoms with Gasteiger partial charge in [-0.25, -0.2) is 19.9 Å². The molecule has 0 radical (unpaired) electrons. The molecule has 0 atom stereocenters. The third kappa shape index (κ3) is 2.16. The molecule has 0 fully saturated rings. The molecule has 2 rings (SSSR count). The van der Waals surface area contributed by atoms with Gasteiger partial charge in [-0.3, -0.25) is 0 Å². The van der Waals surface area contributed by atoms with Crippen molar-refractivity contribution in [3.8, 4) is 0 Å². The predicted molar refractivity (Wildman–Crippen MR) is 55.5 cm³/mol. The molecule has 0 spiro atoms. The molecule has 0 aliphatic heterocycles. The minimum Gasteiger partial charge on any atom is -0.383 e. The summed E-state index contributed by atoms with van der Waals surface area (Å²) in [6.45, 7) is 1.30. The van der Waals surface area contributed by atoms with Crippen LogP contribution < -0.4 is 5.32 Å². The van der Waals surface area contributed by atoms with Gasteiger partial charge in [-0.05, 0) is 0 Å². The Morgan fingerprint density at radius 3 is 2.93 bits per heavy atom. The lowest BCUT2D eigenvalue weighted by Gasteiger charge is -2.05. The van der Waals surface area contributed by atoms with E-state index in [1.54, 1.807) is 19.5 Å². The van der Waals surface area contributed by atoms with Crippen molar-refractivity contribution < 1.29 is 4.74 Å². The SMILES string of the molecule is COCCNc1ncnc2nccnc12. The van der Waals surface area contributed by atoms with Crippen molar-refractivity contribution in [3.05, 3.63) is 18.7 Å². The molecule has 0 bridgehead atoms. The molecule has 0 aliphatic carbocycles. The number of fused-ring (bicyclic) bond motifs is 1. The number of nitrogens with one attached hydrogen (secondary N) is 1. The highest BCUT2D eigenvalue weighted by atomic mass is 16.5. The van der Waals surface area contributed by atoms with Crippen LogP contribution in [0, 0.1) is 0 Å². The number of anilines is 1. The number of hydrogen-bond donors (Lipinski definition) is 1. The maximum absolute atomic E-state index is 4.93. The zero-order chi connectivity index (χ0) is 10.5. The molecule has 0 amide bonds. The fraction of sp³-hybridized carbons (Fsp3) is 0.333. The van der Waals surface area contributed by atoms with E-state index < -0.39 is 0 Å². The van der Waals surface area contributed by atoms with Crippen LogP contribution in [0.25, 0.3) is 11.2 Å². The quantitative estimate of drug-likeness (QED) is 0.732. The van der Waals surface area contributed by atoms with Gasteiger partial charge in [0.05, 0.1) is 6.61 Å². The molecule has 0 aromatic carbocycles. The number of rotatable bonds is 4. The maximum Gasteiger partial charge on any atom is 0.183 e. The molecular formula is C9H11N5O. The molecule has 2 aromatic rings. The maximum atomic E-state index is 4.93. The summed E-state index contributed by atoms with van der Waals surface area (Å²) in [5.74, 6) is 0.685. The fourth-order valence-electron chi connectivity index (χ4n) is 1.20. The Hall–Kier alpha value is -1.82. The molecule has 0 aliphatic rings. The minimum absolute atomic E-state index is 0.590. The first kappa shape index (κ1) is 9.72. The van der Waals surface area contributed by atoms with Crippen molar-refractivity contribution in [2.45, 2.75) is 0 Å². The van der Waals surface area contributed by atoms with Crippen molar-refractivity contribution in [2.75, 3.05) is 25.6 Å². The first-order valence-electron chi connectivity index (χ1n) is 4.56. The van der Waals surface area contributed by atoms with E-state index in [0.717, 1.165) is 0 Å². The van der Waals surface area contributed by atoms with Gasteiger partial charge in [-0.1, -0.05) is 0 Å². The average Bonchev–Trinajstić information content (AvgIpc) is 2.30. The average molecular weight is 205 g/mol. The molecule has 15 heavy (non-hydrogen) atoms. The van der Waals surface area contributed by atoms with E-state index in [0.29, 0.717) is 30.1 Å². The summed E-state index contributed by atoms with van der Waals surface area (Å²) < 4.78 is 4.93. The summed E-state index contributed by atoms with van der Waals surface area (Å²) in [6.07, 6.45) is 4.69. The summed E-state index contributed by atoms with van der Waals surface area (Å²) in [7, 11) is 1.65. The monoisotopic (exact) mass is 205 g/mol. The van der Waals surface area contributed by atoms with Gasteiger partial charge in [0.15, 0.2) is 11.5 Å². The molecular weight excluding hydrogens is 194 g/mol. The second-order valence-corrected chi connectivity index (χ2v) is 2.87. The van der Waals surface area contributed by atoms with Crippen LogP contribution in [0.2, 0.25) is 0 Å². The Balaban J connectivity index is 2.26. The zero-order valence-corrected chi connectivity index (χ0v) is 8.34. The fourth-order valence-corrected chi connectivity index (χ4v) is 1.20. The Kier molecular flexibility index (Phi) is 2.99. The summed E-state index contributed by atoms with van der Waals surface area (Å²) in [5.41, 5.74) is 1.27. The number of methoxy groups -OCH3 is 1. The topological polar surface area (TPSA) is 72.8 Å². The Morgan fingerprint density at radius 1 is 1.20 bits per heavy atom. The van der Waals surface area contributed by atoms with Crippen molar-refractivity contribution in [2.24, 2.45) is 0 Å². The van der Waals surface area contributed by atoms with Gasteiger partial charge in [0.25, 0.3) is 0 Å². The highest BCUT2D eigenvalue weighted by Crippen LogP contribution is 2.12. The van der Waals surface area contributed by atoms with Crippen LogP contribution in [-0.4, -0.2) is 40.2 Å². The predicted octanol–water partition coefficient (Wildman–Crippen LogP) is 0.478. The Labute approximate surface area is 86.7 Å². The van der Waals surface area contributed by atoms with Crippen LogP contribution in [0.15, 0.2) is 18.7 Å². The molecule has 6 heteroatoms. The van der Waals surface area contributed by atoms with Crippen LogP contribution in [0.3, 0.4) is 0 Å². The second kappa shape index (κ2) is 4.61. The lowest BCUT2D eigenvalue weighted by atomic mass is 10.4. The smallest absolute Gasteiger partial charge is 0.183 e. The van der Waals surface area contributed by atoms with Gasteiger partial charge in [0.2, 0.25) is 0 Å². The summed E-state index contributed by atoms with van der Waals surface area (Å²) in [4.78, 5) is 16.4. The van der Waals surface area contributed by atoms with Gasteiger partial charge >= 0.3 is 0 Å². The van der Waals surface area contributed by atoms with Crippen LogP contribution in [0.5, 0.6) is 0 Å². The highest BCUT2D eigenvalue weighted by Gasteiger charge is 2.03. The highest BCUT2D eigenvalue weighted by molar-refractivity contribution is 5.81. The van der Waals surface area contributed by atoms with Gasteiger partial charge in [-0.2, -0.15) is 0 Å².